The number of nitrogens with one attached hydrogen (secondary N) is 2. The standard InChI is InChI=1S/C14H26N2/c1-2-3-4-10-9-13-11(5-7-15-13)12-6-8-16-14(10)12/h10-16H,2-9H2,1H3. The summed E-state index contributed by atoms with van der Waals surface area (Å²) in [5.74, 6) is 2.95. The second kappa shape index (κ2) is 4.66. The van der Waals surface area contributed by atoms with Crippen LogP contribution >= 0.6 is 0 Å². The molecule has 2 heteroatoms. The highest BCUT2D eigenvalue weighted by atomic mass is 15.0. The molecule has 16 heavy (non-hydrogen) atoms. The van der Waals surface area contributed by atoms with Gasteiger partial charge in [-0.2, -0.15) is 0 Å². The molecular weight excluding hydrogens is 196 g/mol. The van der Waals surface area contributed by atoms with Gasteiger partial charge in [0.25, 0.3) is 0 Å². The van der Waals surface area contributed by atoms with Crippen molar-refractivity contribution in [2.45, 2.75) is 57.5 Å². The minimum absolute atomic E-state index is 0.864. The molecule has 2 N–H and O–H groups in total. The molecule has 3 rings (SSSR count). The summed E-state index contributed by atoms with van der Waals surface area (Å²) < 4.78 is 0. The molecule has 0 spiro atoms. The lowest BCUT2D eigenvalue weighted by Crippen LogP contribution is -2.48. The van der Waals surface area contributed by atoms with Crippen LogP contribution in [0.4, 0.5) is 0 Å². The Morgan fingerprint density at radius 1 is 1.06 bits per heavy atom. The Labute approximate surface area is 99.6 Å². The summed E-state index contributed by atoms with van der Waals surface area (Å²) >= 11 is 0. The van der Waals surface area contributed by atoms with Crippen LogP contribution in [0.2, 0.25) is 0 Å². The molecule has 1 aliphatic carbocycles. The van der Waals surface area contributed by atoms with E-state index in [1.54, 1.807) is 0 Å². The van der Waals surface area contributed by atoms with Gasteiger partial charge in [-0.05, 0) is 56.5 Å². The molecule has 0 aromatic carbocycles. The van der Waals surface area contributed by atoms with Crippen molar-refractivity contribution in [1.29, 1.82) is 0 Å². The highest BCUT2D eigenvalue weighted by Crippen LogP contribution is 2.44. The van der Waals surface area contributed by atoms with E-state index in [2.05, 4.69) is 17.6 Å². The first-order valence-corrected chi connectivity index (χ1v) is 7.37. The predicted octanol–water partition coefficient (Wildman–Crippen LogP) is 2.15. The summed E-state index contributed by atoms with van der Waals surface area (Å²) in [6, 6.07) is 1.73. The Hall–Kier alpha value is -0.0800. The van der Waals surface area contributed by atoms with Crippen LogP contribution in [0, 0.1) is 17.8 Å². The molecule has 2 saturated heterocycles. The van der Waals surface area contributed by atoms with Gasteiger partial charge in [-0.25, -0.2) is 0 Å². The molecule has 0 bridgehead atoms. The second-order valence-corrected chi connectivity index (χ2v) is 6.08. The average molecular weight is 222 g/mol. The first-order valence-electron chi connectivity index (χ1n) is 7.37. The molecule has 2 heterocycles. The summed E-state index contributed by atoms with van der Waals surface area (Å²) in [7, 11) is 0. The Morgan fingerprint density at radius 2 is 1.88 bits per heavy atom. The van der Waals surface area contributed by atoms with E-state index >= 15 is 0 Å². The summed E-state index contributed by atoms with van der Waals surface area (Å²) in [5, 5.41) is 7.55. The number of fused-ring (bicyclic) bond motifs is 3. The fraction of sp³-hybridized carbons (Fsp3) is 1.00. The maximum absolute atomic E-state index is 3.80. The summed E-state index contributed by atoms with van der Waals surface area (Å²) in [6.07, 6.45) is 8.56. The smallest absolute Gasteiger partial charge is 0.0128 e. The molecule has 3 fully saturated rings. The predicted molar refractivity (Wildman–Crippen MR) is 67.4 cm³/mol. The third-order valence-corrected chi connectivity index (χ3v) is 5.26. The van der Waals surface area contributed by atoms with Gasteiger partial charge in [0, 0.05) is 12.1 Å². The lowest BCUT2D eigenvalue weighted by molar-refractivity contribution is 0.132. The molecule has 3 aliphatic rings. The zero-order valence-electron chi connectivity index (χ0n) is 10.5. The topological polar surface area (TPSA) is 24.1 Å². The monoisotopic (exact) mass is 222 g/mol. The van der Waals surface area contributed by atoms with Crippen LogP contribution in [0.5, 0.6) is 0 Å². The lowest BCUT2D eigenvalue weighted by atomic mass is 9.67. The normalized spacial score (nSPS) is 46.7. The van der Waals surface area contributed by atoms with Crippen LogP contribution in [0.25, 0.3) is 0 Å². The van der Waals surface area contributed by atoms with E-state index in [9.17, 15) is 0 Å². The van der Waals surface area contributed by atoms with E-state index < -0.39 is 0 Å². The minimum Gasteiger partial charge on any atom is -0.314 e. The van der Waals surface area contributed by atoms with Crippen molar-refractivity contribution < 1.29 is 0 Å². The van der Waals surface area contributed by atoms with E-state index in [4.69, 9.17) is 0 Å². The molecule has 2 nitrogen and oxygen atoms in total. The Bertz CT molecular complexity index is 241. The highest BCUT2D eigenvalue weighted by Gasteiger charge is 2.47. The van der Waals surface area contributed by atoms with Crippen LogP contribution in [0.15, 0.2) is 0 Å². The summed E-state index contributed by atoms with van der Waals surface area (Å²) in [6.45, 7) is 4.87. The molecule has 2 aliphatic heterocycles. The second-order valence-electron chi connectivity index (χ2n) is 6.08. The molecule has 0 aromatic rings. The van der Waals surface area contributed by atoms with Gasteiger partial charge in [0.15, 0.2) is 0 Å². The van der Waals surface area contributed by atoms with Gasteiger partial charge in [-0.15, -0.1) is 0 Å². The van der Waals surface area contributed by atoms with E-state index in [-0.39, 0.29) is 0 Å². The van der Waals surface area contributed by atoms with E-state index in [1.165, 1.54) is 51.6 Å². The maximum Gasteiger partial charge on any atom is 0.0128 e. The summed E-state index contributed by atoms with van der Waals surface area (Å²) in [4.78, 5) is 0. The van der Waals surface area contributed by atoms with Crippen LogP contribution in [-0.4, -0.2) is 25.2 Å². The molecule has 5 unspecified atom stereocenters. The van der Waals surface area contributed by atoms with Crippen molar-refractivity contribution in [3.05, 3.63) is 0 Å². The highest BCUT2D eigenvalue weighted by molar-refractivity contribution is 5.03. The average Bonchev–Trinajstić information content (AvgIpc) is 2.92. The third kappa shape index (κ3) is 1.80. The quantitative estimate of drug-likeness (QED) is 0.764. The largest absolute Gasteiger partial charge is 0.314 e. The van der Waals surface area contributed by atoms with Gasteiger partial charge < -0.3 is 10.6 Å². The molecule has 1 saturated carbocycles. The maximum atomic E-state index is 3.80. The third-order valence-electron chi connectivity index (χ3n) is 5.26. The van der Waals surface area contributed by atoms with Crippen molar-refractivity contribution in [2.24, 2.45) is 17.8 Å². The molecule has 0 amide bonds. The van der Waals surface area contributed by atoms with Crippen molar-refractivity contribution in [2.75, 3.05) is 13.1 Å². The van der Waals surface area contributed by atoms with Gasteiger partial charge in [0.1, 0.15) is 0 Å². The van der Waals surface area contributed by atoms with Crippen molar-refractivity contribution >= 4 is 0 Å². The Balaban J connectivity index is 1.70. The molecular formula is C14H26N2. The fourth-order valence-electron chi connectivity index (χ4n) is 4.54. The summed E-state index contributed by atoms with van der Waals surface area (Å²) in [5.41, 5.74) is 0. The zero-order valence-corrected chi connectivity index (χ0v) is 10.5. The number of rotatable bonds is 3. The number of hydrogen-bond acceptors (Lipinski definition) is 2. The van der Waals surface area contributed by atoms with Gasteiger partial charge in [0.05, 0.1) is 0 Å². The molecule has 0 radical (unpaired) electrons. The minimum atomic E-state index is 0.864. The zero-order chi connectivity index (χ0) is 11.0. The Morgan fingerprint density at radius 3 is 2.75 bits per heavy atom. The van der Waals surface area contributed by atoms with Crippen LogP contribution in [0.1, 0.15) is 45.4 Å². The van der Waals surface area contributed by atoms with Crippen LogP contribution < -0.4 is 10.6 Å². The van der Waals surface area contributed by atoms with E-state index in [1.807, 2.05) is 0 Å². The van der Waals surface area contributed by atoms with Gasteiger partial charge in [-0.3, -0.25) is 0 Å². The lowest BCUT2D eigenvalue weighted by Gasteiger charge is -2.41. The van der Waals surface area contributed by atoms with Crippen molar-refractivity contribution in [3.8, 4) is 0 Å². The number of hydrogen-bond donors (Lipinski definition) is 2. The number of unbranched alkanes of at least 4 members (excludes halogenated alkanes) is 1. The first kappa shape index (κ1) is 11.0. The van der Waals surface area contributed by atoms with Crippen molar-refractivity contribution in [3.63, 3.8) is 0 Å². The molecule has 92 valence electrons. The molecule has 5 atom stereocenters. The van der Waals surface area contributed by atoms with Crippen LogP contribution in [0.3, 0.4) is 0 Å². The SMILES string of the molecule is CCCCC1CC2NCCC2C2CCNC12. The van der Waals surface area contributed by atoms with Gasteiger partial charge in [-0.1, -0.05) is 19.8 Å². The van der Waals surface area contributed by atoms with Gasteiger partial charge in [0.2, 0.25) is 0 Å². The van der Waals surface area contributed by atoms with Crippen LogP contribution in [-0.2, 0) is 0 Å². The fourth-order valence-corrected chi connectivity index (χ4v) is 4.54. The van der Waals surface area contributed by atoms with E-state index in [0.717, 1.165) is 29.8 Å². The Kier molecular flexibility index (Phi) is 3.21. The molecule has 0 aromatic heterocycles. The first-order chi connectivity index (χ1) is 7.90. The van der Waals surface area contributed by atoms with Crippen molar-refractivity contribution in [1.82, 2.24) is 10.6 Å². The van der Waals surface area contributed by atoms with Gasteiger partial charge >= 0.3 is 0 Å². The van der Waals surface area contributed by atoms with E-state index in [0.29, 0.717) is 0 Å².